The molecule has 0 amide bonds. The van der Waals surface area contributed by atoms with Gasteiger partial charge in [0.05, 0.1) is 13.7 Å². The van der Waals surface area contributed by atoms with Crippen LogP contribution in [0.25, 0.3) is 0 Å². The van der Waals surface area contributed by atoms with E-state index in [0.29, 0.717) is 29.9 Å². The Labute approximate surface area is 136 Å². The van der Waals surface area contributed by atoms with Gasteiger partial charge in [-0.1, -0.05) is 36.4 Å². The molecular formula is C19H20O4. The van der Waals surface area contributed by atoms with E-state index in [0.717, 1.165) is 5.56 Å². The van der Waals surface area contributed by atoms with E-state index in [1.165, 1.54) is 0 Å². The second kappa shape index (κ2) is 8.13. The van der Waals surface area contributed by atoms with Gasteiger partial charge in [-0.15, -0.1) is 0 Å². The first-order valence-corrected chi connectivity index (χ1v) is 7.58. The van der Waals surface area contributed by atoms with E-state index >= 15 is 0 Å². The lowest BCUT2D eigenvalue weighted by atomic mass is 9.95. The summed E-state index contributed by atoms with van der Waals surface area (Å²) in [5, 5.41) is 0. The molecule has 0 aromatic heterocycles. The Kier molecular flexibility index (Phi) is 5.92. The molecule has 0 aliphatic carbocycles. The molecule has 23 heavy (non-hydrogen) atoms. The van der Waals surface area contributed by atoms with Crippen molar-refractivity contribution in [1.82, 2.24) is 0 Å². The number of hydrogen-bond acceptors (Lipinski definition) is 4. The largest absolute Gasteiger partial charge is 0.497 e. The molecule has 0 N–H and O–H groups in total. The maximum Gasteiger partial charge on any atom is 0.306 e. The number of methoxy groups -OCH3 is 1. The molecule has 0 atom stereocenters. The van der Waals surface area contributed by atoms with Gasteiger partial charge in [0, 0.05) is 17.5 Å². The second-order valence-electron chi connectivity index (χ2n) is 5.02. The van der Waals surface area contributed by atoms with Crippen molar-refractivity contribution in [2.75, 3.05) is 13.7 Å². The van der Waals surface area contributed by atoms with E-state index in [1.54, 1.807) is 44.4 Å². The van der Waals surface area contributed by atoms with Crippen molar-refractivity contribution in [1.29, 1.82) is 0 Å². The Balaban J connectivity index is 2.21. The van der Waals surface area contributed by atoms with E-state index in [1.807, 2.05) is 18.2 Å². The molecule has 0 aliphatic heterocycles. The molecule has 0 fully saturated rings. The fourth-order valence-corrected chi connectivity index (χ4v) is 2.35. The Morgan fingerprint density at radius 2 is 1.83 bits per heavy atom. The van der Waals surface area contributed by atoms with Gasteiger partial charge < -0.3 is 9.47 Å². The summed E-state index contributed by atoms with van der Waals surface area (Å²) in [6.07, 6.45) is 0.737. The van der Waals surface area contributed by atoms with Crippen LogP contribution >= 0.6 is 0 Å². The van der Waals surface area contributed by atoms with Crippen LogP contribution in [0.15, 0.2) is 48.5 Å². The number of hydrogen-bond donors (Lipinski definition) is 0. The molecule has 4 nitrogen and oxygen atoms in total. The maximum atomic E-state index is 12.7. The van der Waals surface area contributed by atoms with Crippen molar-refractivity contribution in [2.24, 2.45) is 0 Å². The van der Waals surface area contributed by atoms with Crippen LogP contribution in [0.1, 0.15) is 34.8 Å². The lowest BCUT2D eigenvalue weighted by molar-refractivity contribution is -0.143. The first kappa shape index (κ1) is 16.7. The van der Waals surface area contributed by atoms with Gasteiger partial charge in [0.1, 0.15) is 5.75 Å². The quantitative estimate of drug-likeness (QED) is 0.580. The molecular weight excluding hydrogens is 292 g/mol. The molecule has 0 heterocycles. The molecule has 2 aromatic carbocycles. The summed E-state index contributed by atoms with van der Waals surface area (Å²) in [4.78, 5) is 24.3. The third kappa shape index (κ3) is 4.42. The number of aryl methyl sites for hydroxylation is 1. The van der Waals surface area contributed by atoms with Crippen LogP contribution in [0.4, 0.5) is 0 Å². The van der Waals surface area contributed by atoms with Crippen LogP contribution in [-0.4, -0.2) is 25.5 Å². The van der Waals surface area contributed by atoms with Crippen LogP contribution in [0.3, 0.4) is 0 Å². The van der Waals surface area contributed by atoms with Gasteiger partial charge in [-0.05, 0) is 31.0 Å². The molecule has 2 rings (SSSR count). The van der Waals surface area contributed by atoms with E-state index in [4.69, 9.17) is 9.47 Å². The zero-order valence-electron chi connectivity index (χ0n) is 13.4. The third-order valence-electron chi connectivity index (χ3n) is 3.50. The first-order valence-electron chi connectivity index (χ1n) is 7.58. The van der Waals surface area contributed by atoms with E-state index in [9.17, 15) is 9.59 Å². The lowest BCUT2D eigenvalue weighted by Gasteiger charge is -2.09. The average Bonchev–Trinajstić information content (AvgIpc) is 2.60. The van der Waals surface area contributed by atoms with E-state index < -0.39 is 0 Å². The lowest BCUT2D eigenvalue weighted by Crippen LogP contribution is -2.09. The summed E-state index contributed by atoms with van der Waals surface area (Å²) in [6.45, 7) is 2.14. The van der Waals surface area contributed by atoms with Gasteiger partial charge in [0.2, 0.25) is 0 Å². The van der Waals surface area contributed by atoms with E-state index in [2.05, 4.69) is 0 Å². The van der Waals surface area contributed by atoms with Crippen molar-refractivity contribution in [3.8, 4) is 5.75 Å². The van der Waals surface area contributed by atoms with Gasteiger partial charge in [0.15, 0.2) is 5.78 Å². The Bertz CT molecular complexity index is 691. The van der Waals surface area contributed by atoms with Crippen LogP contribution in [0.5, 0.6) is 5.75 Å². The van der Waals surface area contributed by atoms with Crippen LogP contribution in [-0.2, 0) is 16.0 Å². The van der Waals surface area contributed by atoms with Crippen LogP contribution < -0.4 is 4.74 Å². The average molecular weight is 312 g/mol. The van der Waals surface area contributed by atoms with Crippen molar-refractivity contribution in [2.45, 2.75) is 19.8 Å². The molecule has 0 aliphatic rings. The zero-order chi connectivity index (χ0) is 16.7. The minimum absolute atomic E-state index is 0.0802. The number of rotatable bonds is 7. The normalized spacial score (nSPS) is 10.2. The van der Waals surface area contributed by atoms with Crippen molar-refractivity contribution in [3.63, 3.8) is 0 Å². The standard InChI is InChI=1S/C19H20O4/c1-3-23-18(20)12-11-14-7-4-5-10-17(14)19(21)15-8-6-9-16(13-15)22-2/h4-10,13H,3,11-12H2,1-2H3. The monoisotopic (exact) mass is 312 g/mol. The molecule has 4 heteroatoms. The highest BCUT2D eigenvalue weighted by Gasteiger charge is 2.15. The van der Waals surface area contributed by atoms with Crippen LogP contribution in [0.2, 0.25) is 0 Å². The summed E-state index contributed by atoms with van der Waals surface area (Å²) in [7, 11) is 1.57. The summed E-state index contributed by atoms with van der Waals surface area (Å²) in [5.41, 5.74) is 2.01. The zero-order valence-corrected chi connectivity index (χ0v) is 13.4. The minimum atomic E-state index is -0.254. The predicted molar refractivity (Wildman–Crippen MR) is 87.8 cm³/mol. The van der Waals surface area contributed by atoms with E-state index in [-0.39, 0.29) is 18.2 Å². The fourth-order valence-electron chi connectivity index (χ4n) is 2.35. The van der Waals surface area contributed by atoms with Gasteiger partial charge in [-0.25, -0.2) is 0 Å². The smallest absolute Gasteiger partial charge is 0.306 e. The van der Waals surface area contributed by atoms with Gasteiger partial charge in [-0.2, -0.15) is 0 Å². The highest BCUT2D eigenvalue weighted by Crippen LogP contribution is 2.19. The number of benzene rings is 2. The van der Waals surface area contributed by atoms with Gasteiger partial charge in [-0.3, -0.25) is 9.59 Å². The molecule has 0 spiro atoms. The highest BCUT2D eigenvalue weighted by atomic mass is 16.5. The summed E-state index contributed by atoms with van der Waals surface area (Å²) < 4.78 is 10.1. The number of ketones is 1. The summed E-state index contributed by atoms with van der Waals surface area (Å²) in [6, 6.07) is 14.4. The molecule has 0 unspecified atom stereocenters. The Morgan fingerprint density at radius 1 is 1.04 bits per heavy atom. The van der Waals surface area contributed by atoms with Crippen LogP contribution in [0, 0.1) is 0 Å². The second-order valence-corrected chi connectivity index (χ2v) is 5.02. The molecule has 0 saturated heterocycles. The topological polar surface area (TPSA) is 52.6 Å². The first-order chi connectivity index (χ1) is 11.2. The molecule has 0 radical (unpaired) electrons. The van der Waals surface area contributed by atoms with Gasteiger partial charge in [0.25, 0.3) is 0 Å². The SMILES string of the molecule is CCOC(=O)CCc1ccccc1C(=O)c1cccc(OC)c1. The number of carbonyl (C=O) groups is 2. The number of carbonyl (C=O) groups excluding carboxylic acids is 2. The van der Waals surface area contributed by atoms with Crippen molar-refractivity contribution < 1.29 is 19.1 Å². The Hall–Kier alpha value is -2.62. The summed E-state index contributed by atoms with van der Waals surface area (Å²) in [5.74, 6) is 0.305. The summed E-state index contributed by atoms with van der Waals surface area (Å²) >= 11 is 0. The maximum absolute atomic E-state index is 12.7. The Morgan fingerprint density at radius 3 is 2.57 bits per heavy atom. The van der Waals surface area contributed by atoms with Gasteiger partial charge >= 0.3 is 5.97 Å². The molecule has 120 valence electrons. The minimum Gasteiger partial charge on any atom is -0.497 e. The fraction of sp³-hybridized carbons (Fsp3) is 0.263. The molecule has 2 aromatic rings. The number of esters is 1. The predicted octanol–water partition coefficient (Wildman–Crippen LogP) is 3.42. The van der Waals surface area contributed by atoms with Crippen molar-refractivity contribution >= 4 is 11.8 Å². The molecule has 0 bridgehead atoms. The highest BCUT2D eigenvalue weighted by molar-refractivity contribution is 6.10. The molecule has 0 saturated carbocycles. The third-order valence-corrected chi connectivity index (χ3v) is 3.50. The number of ether oxygens (including phenoxy) is 2. The van der Waals surface area contributed by atoms with Crippen molar-refractivity contribution in [3.05, 3.63) is 65.2 Å².